The van der Waals surface area contributed by atoms with Gasteiger partial charge in [0.25, 0.3) is 0 Å². The lowest BCUT2D eigenvalue weighted by Crippen LogP contribution is -2.02. The molecule has 3 unspecified atom stereocenters. The molecule has 19 heavy (non-hydrogen) atoms. The van der Waals surface area contributed by atoms with Crippen molar-refractivity contribution in [3.05, 3.63) is 23.8 Å². The number of methoxy groups -OCH3 is 1. The van der Waals surface area contributed by atoms with Gasteiger partial charge in [-0.3, -0.25) is 0 Å². The minimum Gasteiger partial charge on any atom is -0.493 e. The maximum Gasteiger partial charge on any atom is 0.161 e. The monoisotopic (exact) mass is 264 g/mol. The molecule has 1 aromatic rings. The molecule has 3 atom stereocenters. The topological polar surface area (TPSA) is 31.0 Å². The van der Waals surface area contributed by atoms with Crippen LogP contribution < -0.4 is 9.47 Å². The van der Waals surface area contributed by atoms with Gasteiger partial charge in [0.1, 0.15) is 0 Å². The predicted octanol–water partition coefficient (Wildman–Crippen LogP) is 3.76. The van der Waals surface area contributed by atoms with Crippen LogP contribution in [0.5, 0.6) is 11.5 Å². The Morgan fingerprint density at radius 2 is 2.05 bits per heavy atom. The zero-order valence-electron chi connectivity index (χ0n) is 12.3. The molecule has 0 radical (unpaired) electrons. The summed E-state index contributed by atoms with van der Waals surface area (Å²) in [6.07, 6.45) is 2.92. The Balaban J connectivity index is 2.04. The highest BCUT2D eigenvalue weighted by molar-refractivity contribution is 5.44. The number of ether oxygens (including phenoxy) is 3. The van der Waals surface area contributed by atoms with Gasteiger partial charge in [-0.2, -0.15) is 0 Å². The van der Waals surface area contributed by atoms with Crippen molar-refractivity contribution in [3.8, 4) is 11.5 Å². The average molecular weight is 264 g/mol. The summed E-state index contributed by atoms with van der Waals surface area (Å²) in [7, 11) is 1.69. The first kappa shape index (κ1) is 14.2. The van der Waals surface area contributed by atoms with E-state index < -0.39 is 0 Å². The van der Waals surface area contributed by atoms with Gasteiger partial charge in [-0.05, 0) is 43.4 Å². The summed E-state index contributed by atoms with van der Waals surface area (Å²) in [6, 6.07) is 6.23. The van der Waals surface area contributed by atoms with Crippen molar-refractivity contribution in [3.63, 3.8) is 0 Å². The van der Waals surface area contributed by atoms with E-state index in [2.05, 4.69) is 32.9 Å². The minimum atomic E-state index is 0.427. The maximum absolute atomic E-state index is 5.67. The van der Waals surface area contributed by atoms with Gasteiger partial charge in [0.15, 0.2) is 11.5 Å². The fourth-order valence-electron chi connectivity index (χ4n) is 2.28. The van der Waals surface area contributed by atoms with E-state index in [4.69, 9.17) is 14.2 Å². The molecule has 1 aliphatic rings. The first-order valence-corrected chi connectivity index (χ1v) is 7.11. The van der Waals surface area contributed by atoms with Crippen LogP contribution in [0.25, 0.3) is 0 Å². The molecule has 0 bridgehead atoms. The Kier molecular flexibility index (Phi) is 4.70. The molecule has 3 nitrogen and oxygen atoms in total. The summed E-state index contributed by atoms with van der Waals surface area (Å²) in [5.74, 6) is 2.13. The van der Waals surface area contributed by atoms with E-state index in [1.165, 1.54) is 5.56 Å². The SMILES string of the molecule is CCCOc1ccc(C(C)CC2OC2C)cc1OC. The highest BCUT2D eigenvalue weighted by atomic mass is 16.6. The molecule has 0 aromatic heterocycles. The fraction of sp³-hybridized carbons (Fsp3) is 0.625. The van der Waals surface area contributed by atoms with E-state index in [0.717, 1.165) is 30.9 Å². The van der Waals surface area contributed by atoms with Gasteiger partial charge < -0.3 is 14.2 Å². The van der Waals surface area contributed by atoms with Crippen LogP contribution in [-0.2, 0) is 4.74 Å². The van der Waals surface area contributed by atoms with E-state index in [-0.39, 0.29) is 0 Å². The van der Waals surface area contributed by atoms with Crippen LogP contribution in [0.4, 0.5) is 0 Å². The highest BCUT2D eigenvalue weighted by Gasteiger charge is 2.35. The van der Waals surface area contributed by atoms with Crippen molar-refractivity contribution in [2.45, 2.75) is 51.7 Å². The van der Waals surface area contributed by atoms with Crippen LogP contribution in [0.3, 0.4) is 0 Å². The third-order valence-corrected chi connectivity index (χ3v) is 3.64. The van der Waals surface area contributed by atoms with E-state index in [1.54, 1.807) is 7.11 Å². The van der Waals surface area contributed by atoms with Gasteiger partial charge in [-0.1, -0.05) is 19.9 Å². The number of rotatable bonds is 7. The molecular weight excluding hydrogens is 240 g/mol. The molecule has 2 rings (SSSR count). The summed E-state index contributed by atoms with van der Waals surface area (Å²) < 4.78 is 16.6. The summed E-state index contributed by atoms with van der Waals surface area (Å²) in [6.45, 7) is 7.17. The van der Waals surface area contributed by atoms with Gasteiger partial charge in [-0.15, -0.1) is 0 Å². The molecule has 1 saturated heterocycles. The van der Waals surface area contributed by atoms with Crippen molar-refractivity contribution in [1.29, 1.82) is 0 Å². The Morgan fingerprint density at radius 3 is 2.63 bits per heavy atom. The smallest absolute Gasteiger partial charge is 0.161 e. The van der Waals surface area contributed by atoms with Crippen LogP contribution in [0.2, 0.25) is 0 Å². The number of benzene rings is 1. The second kappa shape index (κ2) is 6.29. The number of hydrogen-bond acceptors (Lipinski definition) is 3. The van der Waals surface area contributed by atoms with Gasteiger partial charge in [0.05, 0.1) is 25.9 Å². The quantitative estimate of drug-likeness (QED) is 0.702. The van der Waals surface area contributed by atoms with Crippen LogP contribution >= 0.6 is 0 Å². The van der Waals surface area contributed by atoms with Crippen LogP contribution in [0.15, 0.2) is 18.2 Å². The second-order valence-corrected chi connectivity index (χ2v) is 5.28. The molecule has 1 heterocycles. The van der Waals surface area contributed by atoms with Gasteiger partial charge >= 0.3 is 0 Å². The van der Waals surface area contributed by atoms with E-state index in [1.807, 2.05) is 6.07 Å². The van der Waals surface area contributed by atoms with Crippen molar-refractivity contribution >= 4 is 0 Å². The molecule has 3 heteroatoms. The first-order valence-electron chi connectivity index (χ1n) is 7.11. The molecular formula is C16H24O3. The molecule has 0 N–H and O–H groups in total. The largest absolute Gasteiger partial charge is 0.493 e. The van der Waals surface area contributed by atoms with Crippen molar-refractivity contribution in [2.75, 3.05) is 13.7 Å². The van der Waals surface area contributed by atoms with Crippen LogP contribution in [0, 0.1) is 0 Å². The molecule has 1 fully saturated rings. The Morgan fingerprint density at radius 1 is 1.32 bits per heavy atom. The maximum atomic E-state index is 5.67. The molecule has 0 saturated carbocycles. The van der Waals surface area contributed by atoms with Gasteiger partial charge in [-0.25, -0.2) is 0 Å². The minimum absolute atomic E-state index is 0.427. The lowest BCUT2D eigenvalue weighted by atomic mass is 9.95. The molecule has 1 aromatic carbocycles. The summed E-state index contributed by atoms with van der Waals surface area (Å²) in [5.41, 5.74) is 1.28. The lowest BCUT2D eigenvalue weighted by molar-refractivity contribution is 0.294. The van der Waals surface area contributed by atoms with E-state index in [0.29, 0.717) is 18.1 Å². The zero-order valence-corrected chi connectivity index (χ0v) is 12.3. The summed E-state index contributed by atoms with van der Waals surface area (Å²) in [4.78, 5) is 0. The van der Waals surface area contributed by atoms with E-state index >= 15 is 0 Å². The predicted molar refractivity (Wildman–Crippen MR) is 76.1 cm³/mol. The summed E-state index contributed by atoms with van der Waals surface area (Å²) >= 11 is 0. The molecule has 0 aliphatic carbocycles. The van der Waals surface area contributed by atoms with E-state index in [9.17, 15) is 0 Å². The molecule has 1 aliphatic heterocycles. The Hall–Kier alpha value is -1.22. The lowest BCUT2D eigenvalue weighted by Gasteiger charge is -2.15. The zero-order chi connectivity index (χ0) is 13.8. The first-order chi connectivity index (χ1) is 9.15. The van der Waals surface area contributed by atoms with Gasteiger partial charge in [0.2, 0.25) is 0 Å². The number of epoxide rings is 1. The highest BCUT2D eigenvalue weighted by Crippen LogP contribution is 2.36. The molecule has 0 amide bonds. The van der Waals surface area contributed by atoms with Crippen LogP contribution in [0.1, 0.15) is 45.1 Å². The van der Waals surface area contributed by atoms with Crippen LogP contribution in [-0.4, -0.2) is 25.9 Å². The molecule has 106 valence electrons. The Bertz CT molecular complexity index is 416. The third kappa shape index (κ3) is 3.63. The van der Waals surface area contributed by atoms with Crippen molar-refractivity contribution < 1.29 is 14.2 Å². The van der Waals surface area contributed by atoms with Crippen molar-refractivity contribution in [2.24, 2.45) is 0 Å². The standard InChI is InChI=1S/C16H24O3/c1-5-8-18-14-7-6-13(10-16(14)17-4)11(2)9-15-12(3)19-15/h6-7,10-12,15H,5,8-9H2,1-4H3. The number of hydrogen-bond donors (Lipinski definition) is 0. The normalized spacial score (nSPS) is 22.9. The van der Waals surface area contributed by atoms with Gasteiger partial charge in [0, 0.05) is 0 Å². The average Bonchev–Trinajstić information content (AvgIpc) is 3.11. The third-order valence-electron chi connectivity index (χ3n) is 3.64. The fourth-order valence-corrected chi connectivity index (χ4v) is 2.28. The molecule has 0 spiro atoms. The second-order valence-electron chi connectivity index (χ2n) is 5.28. The Labute approximate surface area is 115 Å². The summed E-state index contributed by atoms with van der Waals surface area (Å²) in [5, 5.41) is 0. The van der Waals surface area contributed by atoms with Crippen molar-refractivity contribution in [1.82, 2.24) is 0 Å².